The maximum absolute atomic E-state index is 11.8. The summed E-state index contributed by atoms with van der Waals surface area (Å²) in [6.07, 6.45) is 1.65. The summed E-state index contributed by atoms with van der Waals surface area (Å²) in [4.78, 5) is 24.6. The van der Waals surface area contributed by atoms with Crippen LogP contribution in [-0.4, -0.2) is 50.6 Å². The number of aliphatic carboxylic acids is 1. The van der Waals surface area contributed by atoms with Gasteiger partial charge in [0.25, 0.3) is 0 Å². The fourth-order valence-electron chi connectivity index (χ4n) is 2.39. The minimum Gasteiger partial charge on any atom is -0.481 e. The molecule has 1 aromatic rings. The van der Waals surface area contributed by atoms with Crippen LogP contribution in [0.3, 0.4) is 0 Å². The van der Waals surface area contributed by atoms with Crippen LogP contribution < -0.4 is 5.32 Å². The van der Waals surface area contributed by atoms with Gasteiger partial charge in [-0.3, -0.25) is 9.59 Å². The lowest BCUT2D eigenvalue weighted by Gasteiger charge is -2.21. The van der Waals surface area contributed by atoms with E-state index < -0.39 is 12.2 Å². The van der Waals surface area contributed by atoms with Gasteiger partial charge in [-0.05, 0) is 25.0 Å². The number of carbonyl (C=O) groups excluding carboxylic acids is 1. The Morgan fingerprint density at radius 1 is 1.31 bits per heavy atom. The number of aryl methyl sites for hydroxylation is 1. The highest BCUT2D eigenvalue weighted by atomic mass is 32.2. The first-order valence-electron chi connectivity index (χ1n) is 8.30. The van der Waals surface area contributed by atoms with Crippen LogP contribution in [-0.2, 0) is 9.59 Å². The van der Waals surface area contributed by atoms with Crippen molar-refractivity contribution in [3.05, 3.63) is 40.3 Å². The number of carbonyl (C=O) groups is 2. The smallest absolute Gasteiger partial charge is 0.303 e. The Morgan fingerprint density at radius 3 is 2.65 bits per heavy atom. The van der Waals surface area contributed by atoms with E-state index in [4.69, 9.17) is 17.3 Å². The number of thioether (sulfide) groups is 1. The van der Waals surface area contributed by atoms with E-state index in [2.05, 4.69) is 5.32 Å². The molecule has 1 aromatic carbocycles. The molecular formula is C18H22N2O4S2. The molecule has 8 heteroatoms. The number of nitrogens with one attached hydrogen (secondary N) is 1. The Balaban J connectivity index is 1.84. The number of hydrogen-bond donors (Lipinski definition) is 3. The van der Waals surface area contributed by atoms with Gasteiger partial charge in [-0.2, -0.15) is 0 Å². The maximum atomic E-state index is 11.8. The number of rotatable bonds is 8. The molecule has 0 saturated carbocycles. The van der Waals surface area contributed by atoms with Gasteiger partial charge in [0, 0.05) is 30.8 Å². The molecule has 1 heterocycles. The number of amides is 1. The molecule has 0 aromatic heterocycles. The van der Waals surface area contributed by atoms with Gasteiger partial charge in [-0.1, -0.05) is 53.8 Å². The SMILES string of the molecule is Cc1ccc(/C=C2/SC(=S)N(CCC(=O)NCCCC(=O)O)C2O)cc1. The first-order chi connectivity index (χ1) is 12.4. The molecule has 1 aliphatic rings. The number of hydrogen-bond acceptors (Lipinski definition) is 5. The Labute approximate surface area is 162 Å². The molecule has 1 saturated heterocycles. The normalized spacial score (nSPS) is 18.4. The molecule has 1 amide bonds. The molecule has 1 atom stereocenters. The summed E-state index contributed by atoms with van der Waals surface area (Å²) in [7, 11) is 0. The zero-order valence-electron chi connectivity index (χ0n) is 14.5. The summed E-state index contributed by atoms with van der Waals surface area (Å²) in [5.74, 6) is -1.07. The Kier molecular flexibility index (Phi) is 7.62. The van der Waals surface area contributed by atoms with Crippen LogP contribution in [0.5, 0.6) is 0 Å². The highest BCUT2D eigenvalue weighted by Crippen LogP contribution is 2.35. The molecular weight excluding hydrogens is 372 g/mol. The summed E-state index contributed by atoms with van der Waals surface area (Å²) >= 11 is 6.64. The van der Waals surface area contributed by atoms with Crippen LogP contribution in [0.1, 0.15) is 30.4 Å². The second kappa shape index (κ2) is 9.70. The Morgan fingerprint density at radius 2 is 2.00 bits per heavy atom. The molecule has 1 fully saturated rings. The number of aliphatic hydroxyl groups is 1. The lowest BCUT2D eigenvalue weighted by Crippen LogP contribution is -2.36. The van der Waals surface area contributed by atoms with E-state index in [0.29, 0.717) is 23.8 Å². The summed E-state index contributed by atoms with van der Waals surface area (Å²) in [5.41, 5.74) is 2.15. The van der Waals surface area contributed by atoms with Crippen molar-refractivity contribution in [3.8, 4) is 0 Å². The van der Waals surface area contributed by atoms with Crippen molar-refractivity contribution in [1.82, 2.24) is 10.2 Å². The van der Waals surface area contributed by atoms with Crippen molar-refractivity contribution < 1.29 is 19.8 Å². The van der Waals surface area contributed by atoms with Crippen LogP contribution in [0.2, 0.25) is 0 Å². The summed E-state index contributed by atoms with van der Waals surface area (Å²) in [6.45, 7) is 2.65. The van der Waals surface area contributed by atoms with E-state index in [1.165, 1.54) is 17.3 Å². The minimum absolute atomic E-state index is 0.0268. The van der Waals surface area contributed by atoms with E-state index in [9.17, 15) is 14.7 Å². The van der Waals surface area contributed by atoms with E-state index in [1.54, 1.807) is 4.90 Å². The molecule has 2 rings (SSSR count). The molecule has 6 nitrogen and oxygen atoms in total. The van der Waals surface area contributed by atoms with E-state index in [0.717, 1.165) is 10.5 Å². The molecule has 26 heavy (non-hydrogen) atoms. The maximum Gasteiger partial charge on any atom is 0.303 e. The highest BCUT2D eigenvalue weighted by molar-refractivity contribution is 8.25. The van der Waals surface area contributed by atoms with Crippen LogP contribution >= 0.6 is 24.0 Å². The summed E-state index contributed by atoms with van der Waals surface area (Å²) in [5, 5.41) is 21.7. The number of nitrogens with zero attached hydrogens (tertiary/aromatic N) is 1. The topological polar surface area (TPSA) is 89.9 Å². The molecule has 1 unspecified atom stereocenters. The minimum atomic E-state index is -0.880. The zero-order valence-corrected chi connectivity index (χ0v) is 16.1. The van der Waals surface area contributed by atoms with Gasteiger partial charge in [0.1, 0.15) is 4.32 Å². The van der Waals surface area contributed by atoms with Crippen LogP contribution in [0.4, 0.5) is 0 Å². The fraction of sp³-hybridized carbons (Fsp3) is 0.389. The summed E-state index contributed by atoms with van der Waals surface area (Å²) < 4.78 is 0.537. The molecule has 0 bridgehead atoms. The lowest BCUT2D eigenvalue weighted by atomic mass is 10.1. The number of thiocarbonyl (C=S) groups is 1. The third kappa shape index (κ3) is 6.12. The van der Waals surface area contributed by atoms with Gasteiger partial charge in [-0.15, -0.1) is 0 Å². The highest BCUT2D eigenvalue weighted by Gasteiger charge is 2.32. The average Bonchev–Trinajstić information content (AvgIpc) is 2.85. The van der Waals surface area contributed by atoms with E-state index >= 15 is 0 Å². The second-order valence-corrected chi connectivity index (χ2v) is 7.70. The number of aliphatic hydroxyl groups excluding tert-OH is 1. The molecule has 0 spiro atoms. The zero-order chi connectivity index (χ0) is 19.1. The monoisotopic (exact) mass is 394 g/mol. The van der Waals surface area contributed by atoms with Crippen molar-refractivity contribution in [2.45, 2.75) is 32.4 Å². The van der Waals surface area contributed by atoms with Crippen LogP contribution in [0.25, 0.3) is 6.08 Å². The fourth-order valence-corrected chi connectivity index (χ4v) is 3.81. The molecule has 1 aliphatic heterocycles. The van der Waals surface area contributed by atoms with E-state index in [-0.39, 0.29) is 18.7 Å². The quantitative estimate of drug-likeness (QED) is 0.461. The molecule has 140 valence electrons. The van der Waals surface area contributed by atoms with Crippen molar-refractivity contribution >= 4 is 46.3 Å². The van der Waals surface area contributed by atoms with Crippen LogP contribution in [0.15, 0.2) is 29.2 Å². The van der Waals surface area contributed by atoms with Gasteiger partial charge in [0.2, 0.25) is 5.91 Å². The third-order valence-corrected chi connectivity index (χ3v) is 5.30. The standard InChI is InChI=1S/C18H22N2O4S2/c1-12-4-6-13(7-5-12)11-14-17(24)20(18(25)26-14)10-8-15(21)19-9-2-3-16(22)23/h4-7,11,17,24H,2-3,8-10H2,1H3,(H,19,21)(H,22,23)/b14-11+. The largest absolute Gasteiger partial charge is 0.481 e. The number of carboxylic acid groups (broad SMARTS) is 1. The van der Waals surface area contributed by atoms with Gasteiger partial charge >= 0.3 is 5.97 Å². The first-order valence-corrected chi connectivity index (χ1v) is 9.52. The van der Waals surface area contributed by atoms with Crippen molar-refractivity contribution in [2.24, 2.45) is 0 Å². The predicted molar refractivity (Wildman–Crippen MR) is 107 cm³/mol. The van der Waals surface area contributed by atoms with E-state index in [1.807, 2.05) is 37.3 Å². The second-order valence-electron chi connectivity index (χ2n) is 5.99. The van der Waals surface area contributed by atoms with Gasteiger partial charge in [0.05, 0.1) is 0 Å². The van der Waals surface area contributed by atoms with Crippen LogP contribution in [0, 0.1) is 6.92 Å². The lowest BCUT2D eigenvalue weighted by molar-refractivity contribution is -0.137. The predicted octanol–water partition coefficient (Wildman–Crippen LogP) is 2.36. The Hall–Kier alpha value is -1.90. The van der Waals surface area contributed by atoms with Gasteiger partial charge in [0.15, 0.2) is 6.23 Å². The van der Waals surface area contributed by atoms with Gasteiger partial charge < -0.3 is 20.4 Å². The third-order valence-electron chi connectivity index (χ3n) is 3.85. The van der Waals surface area contributed by atoms with Crippen molar-refractivity contribution in [3.63, 3.8) is 0 Å². The van der Waals surface area contributed by atoms with Crippen molar-refractivity contribution in [1.29, 1.82) is 0 Å². The van der Waals surface area contributed by atoms with Gasteiger partial charge in [-0.25, -0.2) is 0 Å². The summed E-state index contributed by atoms with van der Waals surface area (Å²) in [6, 6.07) is 7.96. The first kappa shape index (κ1) is 20.4. The number of carboxylic acids is 1. The molecule has 3 N–H and O–H groups in total. The molecule has 0 aliphatic carbocycles. The Bertz CT molecular complexity index is 704. The molecule has 0 radical (unpaired) electrons. The average molecular weight is 395 g/mol. The van der Waals surface area contributed by atoms with Crippen molar-refractivity contribution in [2.75, 3.05) is 13.1 Å². The number of benzene rings is 1.